The zero-order chi connectivity index (χ0) is 17.2. The van der Waals surface area contributed by atoms with Crippen LogP contribution >= 0.6 is 11.6 Å². The van der Waals surface area contributed by atoms with E-state index in [1.807, 2.05) is 79.7 Å². The summed E-state index contributed by atoms with van der Waals surface area (Å²) in [6, 6.07) is 23.2. The standard InChI is InChI=1S/C21H15ClN2O/c1-14-10-12-15(13-11-14)25-21-17-7-3-5-9-19(17)23-20(24-21)16-6-2-4-8-18(16)22/h2-13H,1H3. The topological polar surface area (TPSA) is 35.0 Å². The van der Waals surface area contributed by atoms with Gasteiger partial charge in [-0.1, -0.05) is 53.6 Å². The van der Waals surface area contributed by atoms with Gasteiger partial charge in [-0.3, -0.25) is 0 Å². The first-order valence-electron chi connectivity index (χ1n) is 7.97. The highest BCUT2D eigenvalue weighted by molar-refractivity contribution is 6.33. The van der Waals surface area contributed by atoms with Crippen molar-refractivity contribution in [3.05, 3.63) is 83.4 Å². The summed E-state index contributed by atoms with van der Waals surface area (Å²) in [5, 5.41) is 1.47. The third-order valence-corrected chi connectivity index (χ3v) is 4.25. The van der Waals surface area contributed by atoms with E-state index in [1.165, 1.54) is 5.56 Å². The maximum absolute atomic E-state index is 6.32. The summed E-state index contributed by atoms with van der Waals surface area (Å²) in [6.07, 6.45) is 0. The molecule has 0 spiro atoms. The Bertz CT molecular complexity index is 1050. The fourth-order valence-corrected chi connectivity index (χ4v) is 2.83. The van der Waals surface area contributed by atoms with Crippen molar-refractivity contribution in [1.29, 1.82) is 0 Å². The second-order valence-corrected chi connectivity index (χ2v) is 6.17. The fraction of sp³-hybridized carbons (Fsp3) is 0.0476. The Balaban J connectivity index is 1.87. The monoisotopic (exact) mass is 346 g/mol. The van der Waals surface area contributed by atoms with Crippen LogP contribution in [0.5, 0.6) is 11.6 Å². The number of aromatic nitrogens is 2. The number of halogens is 1. The van der Waals surface area contributed by atoms with Crippen LogP contribution in [0.1, 0.15) is 5.56 Å². The van der Waals surface area contributed by atoms with Crippen molar-refractivity contribution in [3.63, 3.8) is 0 Å². The van der Waals surface area contributed by atoms with Crippen LogP contribution < -0.4 is 4.74 Å². The predicted octanol–water partition coefficient (Wildman–Crippen LogP) is 6.05. The summed E-state index contributed by atoms with van der Waals surface area (Å²) in [5.41, 5.74) is 2.77. The normalized spacial score (nSPS) is 10.8. The van der Waals surface area contributed by atoms with Crippen LogP contribution in [-0.4, -0.2) is 9.97 Å². The van der Waals surface area contributed by atoms with Gasteiger partial charge >= 0.3 is 0 Å². The number of benzene rings is 3. The number of aryl methyl sites for hydroxylation is 1. The molecular formula is C21H15ClN2O. The van der Waals surface area contributed by atoms with Crippen molar-refractivity contribution >= 4 is 22.5 Å². The first-order chi connectivity index (χ1) is 12.2. The van der Waals surface area contributed by atoms with Crippen molar-refractivity contribution in [1.82, 2.24) is 9.97 Å². The molecule has 3 nitrogen and oxygen atoms in total. The van der Waals surface area contributed by atoms with Gasteiger partial charge in [-0.25, -0.2) is 4.98 Å². The van der Waals surface area contributed by atoms with Crippen molar-refractivity contribution in [2.45, 2.75) is 6.92 Å². The van der Waals surface area contributed by atoms with Crippen LogP contribution in [0.2, 0.25) is 5.02 Å². The van der Waals surface area contributed by atoms with E-state index in [-0.39, 0.29) is 0 Å². The van der Waals surface area contributed by atoms with Crippen molar-refractivity contribution in [3.8, 4) is 23.0 Å². The molecule has 0 aliphatic heterocycles. The third kappa shape index (κ3) is 3.19. The molecule has 0 atom stereocenters. The lowest BCUT2D eigenvalue weighted by Gasteiger charge is -2.11. The van der Waals surface area contributed by atoms with Gasteiger partial charge in [0.05, 0.1) is 15.9 Å². The second kappa shape index (κ2) is 6.54. The Hall–Kier alpha value is -2.91. The Morgan fingerprint density at radius 3 is 2.32 bits per heavy atom. The number of rotatable bonds is 3. The lowest BCUT2D eigenvalue weighted by Crippen LogP contribution is -1.96. The van der Waals surface area contributed by atoms with Gasteiger partial charge in [0.15, 0.2) is 5.82 Å². The molecule has 25 heavy (non-hydrogen) atoms. The highest BCUT2D eigenvalue weighted by Gasteiger charge is 2.13. The highest BCUT2D eigenvalue weighted by atomic mass is 35.5. The van der Waals surface area contributed by atoms with E-state index in [0.29, 0.717) is 16.7 Å². The van der Waals surface area contributed by atoms with Crippen LogP contribution in [0.25, 0.3) is 22.3 Å². The number of hydrogen-bond donors (Lipinski definition) is 0. The van der Waals surface area contributed by atoms with E-state index in [2.05, 4.69) is 9.97 Å². The largest absolute Gasteiger partial charge is 0.438 e. The maximum Gasteiger partial charge on any atom is 0.230 e. The number of hydrogen-bond acceptors (Lipinski definition) is 3. The molecule has 0 saturated carbocycles. The maximum atomic E-state index is 6.32. The van der Waals surface area contributed by atoms with Gasteiger partial charge in [0.25, 0.3) is 0 Å². The summed E-state index contributed by atoms with van der Waals surface area (Å²) < 4.78 is 6.05. The summed E-state index contributed by atoms with van der Waals surface area (Å²) >= 11 is 6.32. The molecule has 0 unspecified atom stereocenters. The molecule has 0 amide bonds. The first kappa shape index (κ1) is 15.6. The van der Waals surface area contributed by atoms with Crippen LogP contribution in [0.15, 0.2) is 72.8 Å². The molecule has 0 aliphatic rings. The molecule has 122 valence electrons. The summed E-state index contributed by atoms with van der Waals surface area (Å²) in [6.45, 7) is 2.04. The number of nitrogens with zero attached hydrogens (tertiary/aromatic N) is 2. The Labute approximate surface area is 150 Å². The molecule has 3 aromatic carbocycles. The average Bonchev–Trinajstić information content (AvgIpc) is 2.64. The summed E-state index contributed by atoms with van der Waals surface area (Å²) in [5.74, 6) is 1.80. The molecule has 0 saturated heterocycles. The van der Waals surface area contributed by atoms with Gasteiger partial charge in [0, 0.05) is 5.56 Å². The molecular weight excluding hydrogens is 332 g/mol. The molecule has 0 N–H and O–H groups in total. The quantitative estimate of drug-likeness (QED) is 0.453. The van der Waals surface area contributed by atoms with E-state index in [9.17, 15) is 0 Å². The van der Waals surface area contributed by atoms with Gasteiger partial charge in [0.2, 0.25) is 5.88 Å². The predicted molar refractivity (Wildman–Crippen MR) is 101 cm³/mol. The van der Waals surface area contributed by atoms with Gasteiger partial charge in [-0.05, 0) is 43.3 Å². The average molecular weight is 347 g/mol. The fourth-order valence-electron chi connectivity index (χ4n) is 2.61. The van der Waals surface area contributed by atoms with Crippen LogP contribution in [0.4, 0.5) is 0 Å². The van der Waals surface area contributed by atoms with Crippen molar-refractivity contribution in [2.75, 3.05) is 0 Å². The molecule has 0 fully saturated rings. The Morgan fingerprint density at radius 2 is 1.52 bits per heavy atom. The first-order valence-corrected chi connectivity index (χ1v) is 8.35. The zero-order valence-electron chi connectivity index (χ0n) is 13.6. The minimum atomic E-state index is 0.518. The van der Waals surface area contributed by atoms with Gasteiger partial charge in [0.1, 0.15) is 5.75 Å². The van der Waals surface area contributed by atoms with Crippen LogP contribution in [0.3, 0.4) is 0 Å². The van der Waals surface area contributed by atoms with Gasteiger partial charge < -0.3 is 4.74 Å². The van der Waals surface area contributed by atoms with E-state index in [1.54, 1.807) is 0 Å². The lowest BCUT2D eigenvalue weighted by molar-refractivity contribution is 0.469. The van der Waals surface area contributed by atoms with Crippen molar-refractivity contribution < 1.29 is 4.74 Å². The highest BCUT2D eigenvalue weighted by Crippen LogP contribution is 2.32. The van der Waals surface area contributed by atoms with Crippen LogP contribution in [0, 0.1) is 6.92 Å². The van der Waals surface area contributed by atoms with Crippen molar-refractivity contribution in [2.24, 2.45) is 0 Å². The zero-order valence-corrected chi connectivity index (χ0v) is 14.4. The molecule has 1 heterocycles. The molecule has 0 aliphatic carbocycles. The van der Waals surface area contributed by atoms with Crippen LogP contribution in [-0.2, 0) is 0 Å². The second-order valence-electron chi connectivity index (χ2n) is 5.76. The number of fused-ring (bicyclic) bond motifs is 1. The minimum absolute atomic E-state index is 0.518. The number of para-hydroxylation sites is 1. The number of ether oxygens (including phenoxy) is 1. The summed E-state index contributed by atoms with van der Waals surface area (Å²) in [7, 11) is 0. The van der Waals surface area contributed by atoms with E-state index < -0.39 is 0 Å². The van der Waals surface area contributed by atoms with E-state index in [4.69, 9.17) is 16.3 Å². The van der Waals surface area contributed by atoms with Gasteiger partial charge in [-0.15, -0.1) is 0 Å². The molecule has 4 rings (SSSR count). The SMILES string of the molecule is Cc1ccc(Oc2nc(-c3ccccc3Cl)nc3ccccc23)cc1. The Kier molecular flexibility index (Phi) is 4.08. The molecule has 4 aromatic rings. The summed E-state index contributed by atoms with van der Waals surface area (Å²) in [4.78, 5) is 9.28. The third-order valence-electron chi connectivity index (χ3n) is 3.92. The van der Waals surface area contributed by atoms with E-state index >= 15 is 0 Å². The smallest absolute Gasteiger partial charge is 0.230 e. The molecule has 1 aromatic heterocycles. The molecule has 4 heteroatoms. The molecule has 0 bridgehead atoms. The molecule has 0 radical (unpaired) electrons. The van der Waals surface area contributed by atoms with Gasteiger partial charge in [-0.2, -0.15) is 4.98 Å². The Morgan fingerprint density at radius 1 is 0.800 bits per heavy atom. The van der Waals surface area contributed by atoms with E-state index in [0.717, 1.165) is 22.2 Å². The minimum Gasteiger partial charge on any atom is -0.438 e. The lowest BCUT2D eigenvalue weighted by atomic mass is 10.2.